The minimum absolute atomic E-state index is 0.181. The second-order valence-electron chi connectivity index (χ2n) is 6.19. The molecule has 8 heteroatoms. The lowest BCUT2D eigenvalue weighted by Crippen LogP contribution is -2.35. The Morgan fingerprint density at radius 2 is 1.68 bits per heavy atom. The number of rotatable bonds is 6. The molecule has 0 aliphatic carbocycles. The fourth-order valence-electron chi connectivity index (χ4n) is 3.36. The number of hydrogen-bond donors (Lipinski definition) is 0. The Labute approximate surface area is 160 Å². The topological polar surface area (TPSA) is 94.8 Å². The van der Waals surface area contributed by atoms with Crippen molar-refractivity contribution in [2.75, 3.05) is 14.2 Å². The van der Waals surface area contributed by atoms with Crippen molar-refractivity contribution < 1.29 is 23.5 Å². The van der Waals surface area contributed by atoms with Gasteiger partial charge in [-0.05, 0) is 29.8 Å². The van der Waals surface area contributed by atoms with E-state index in [1.54, 1.807) is 42.5 Å². The molecule has 1 aliphatic rings. The Morgan fingerprint density at radius 3 is 2.25 bits per heavy atom. The van der Waals surface area contributed by atoms with Crippen molar-refractivity contribution in [3.8, 4) is 11.5 Å². The summed E-state index contributed by atoms with van der Waals surface area (Å²) in [5, 5.41) is 7.59. The van der Waals surface area contributed by atoms with Gasteiger partial charge in [0.1, 0.15) is 0 Å². The van der Waals surface area contributed by atoms with Crippen LogP contribution in [-0.4, -0.2) is 41.1 Å². The van der Waals surface area contributed by atoms with Gasteiger partial charge in [0.25, 0.3) is 11.8 Å². The second kappa shape index (κ2) is 7.15. The maximum Gasteiger partial charge on any atom is 0.262 e. The molecule has 0 unspecified atom stereocenters. The number of methoxy groups -OCH3 is 2. The van der Waals surface area contributed by atoms with Crippen molar-refractivity contribution in [2.45, 2.75) is 12.5 Å². The minimum atomic E-state index is -0.646. The maximum atomic E-state index is 13.0. The quantitative estimate of drug-likeness (QED) is 0.608. The molecule has 1 aromatic heterocycles. The van der Waals surface area contributed by atoms with E-state index < -0.39 is 6.04 Å². The second-order valence-corrected chi connectivity index (χ2v) is 6.19. The van der Waals surface area contributed by atoms with Crippen molar-refractivity contribution in [2.24, 2.45) is 0 Å². The predicted octanol–water partition coefficient (Wildman–Crippen LogP) is 2.67. The molecule has 0 fully saturated rings. The number of fused-ring (bicyclic) bond motifs is 1. The van der Waals surface area contributed by atoms with Gasteiger partial charge in [0.15, 0.2) is 11.5 Å². The van der Waals surface area contributed by atoms with Gasteiger partial charge in [-0.3, -0.25) is 14.5 Å². The van der Waals surface area contributed by atoms with Crippen molar-refractivity contribution in [1.82, 2.24) is 15.1 Å². The summed E-state index contributed by atoms with van der Waals surface area (Å²) < 4.78 is 15.9. The third kappa shape index (κ3) is 2.88. The molecule has 2 amide bonds. The van der Waals surface area contributed by atoms with E-state index in [2.05, 4.69) is 10.2 Å². The molecule has 4 rings (SSSR count). The molecular weight excluding hydrogens is 362 g/mol. The zero-order valence-electron chi connectivity index (χ0n) is 15.3. The van der Waals surface area contributed by atoms with Crippen molar-refractivity contribution >= 4 is 11.8 Å². The lowest BCUT2D eigenvalue weighted by atomic mass is 10.0. The van der Waals surface area contributed by atoms with Gasteiger partial charge in [-0.2, -0.15) is 0 Å². The zero-order valence-corrected chi connectivity index (χ0v) is 15.3. The number of carbonyl (C=O) groups excluding carboxylic acids is 2. The molecule has 0 N–H and O–H groups in total. The fraction of sp³-hybridized carbons (Fsp3) is 0.200. The summed E-state index contributed by atoms with van der Waals surface area (Å²) >= 11 is 0. The minimum Gasteiger partial charge on any atom is -0.493 e. The summed E-state index contributed by atoms with van der Waals surface area (Å²) in [5.74, 6) is 0.633. The van der Waals surface area contributed by atoms with Crippen LogP contribution in [0.15, 0.2) is 53.3 Å². The van der Waals surface area contributed by atoms with Gasteiger partial charge in [0.05, 0.1) is 37.8 Å². The SMILES string of the molecule is COc1ccc([C@H](Cc2nnco2)N2C(=O)c3ccccc3C2=O)cc1OC. The largest absolute Gasteiger partial charge is 0.493 e. The number of imide groups is 1. The Hall–Kier alpha value is -3.68. The van der Waals surface area contributed by atoms with E-state index >= 15 is 0 Å². The summed E-state index contributed by atoms with van der Waals surface area (Å²) in [7, 11) is 3.06. The van der Waals surface area contributed by atoms with Gasteiger partial charge < -0.3 is 13.9 Å². The molecule has 1 atom stereocenters. The normalized spacial score (nSPS) is 14.1. The highest BCUT2D eigenvalue weighted by atomic mass is 16.5. The first-order valence-electron chi connectivity index (χ1n) is 8.58. The Balaban J connectivity index is 1.79. The van der Waals surface area contributed by atoms with E-state index in [0.29, 0.717) is 34.1 Å². The monoisotopic (exact) mass is 379 g/mol. The first kappa shape index (κ1) is 17.7. The Morgan fingerprint density at radius 1 is 1.00 bits per heavy atom. The van der Waals surface area contributed by atoms with Crippen molar-refractivity contribution in [3.63, 3.8) is 0 Å². The smallest absolute Gasteiger partial charge is 0.262 e. The maximum absolute atomic E-state index is 13.0. The molecule has 2 heterocycles. The average molecular weight is 379 g/mol. The number of nitrogens with zero attached hydrogens (tertiary/aromatic N) is 3. The van der Waals surface area contributed by atoms with E-state index in [0.717, 1.165) is 0 Å². The zero-order chi connectivity index (χ0) is 19.7. The molecule has 2 aromatic carbocycles. The molecule has 8 nitrogen and oxygen atoms in total. The van der Waals surface area contributed by atoms with Crippen molar-refractivity contribution in [3.05, 3.63) is 71.4 Å². The van der Waals surface area contributed by atoms with Gasteiger partial charge >= 0.3 is 0 Å². The van der Waals surface area contributed by atoms with E-state index in [-0.39, 0.29) is 18.2 Å². The third-order valence-electron chi connectivity index (χ3n) is 4.70. The van der Waals surface area contributed by atoms with Crippen LogP contribution >= 0.6 is 0 Å². The van der Waals surface area contributed by atoms with Gasteiger partial charge in [0, 0.05) is 0 Å². The standard InChI is InChI=1S/C20H17N3O5/c1-26-16-8-7-12(9-17(16)27-2)15(10-18-22-21-11-28-18)23-19(24)13-5-3-4-6-14(13)20(23)25/h3-9,11,15H,10H2,1-2H3/t15-/m0/s1. The van der Waals surface area contributed by atoms with E-state index in [1.165, 1.54) is 25.5 Å². The molecule has 1 aliphatic heterocycles. The first-order chi connectivity index (χ1) is 13.6. The number of hydrogen-bond acceptors (Lipinski definition) is 7. The lowest BCUT2D eigenvalue weighted by Gasteiger charge is -2.26. The number of aromatic nitrogens is 2. The van der Waals surface area contributed by atoms with Crippen LogP contribution in [0, 0.1) is 0 Å². The van der Waals surface area contributed by atoms with Crippen LogP contribution < -0.4 is 9.47 Å². The summed E-state index contributed by atoms with van der Waals surface area (Å²) in [6.45, 7) is 0. The first-order valence-corrected chi connectivity index (χ1v) is 8.58. The molecule has 0 spiro atoms. The Kier molecular flexibility index (Phi) is 4.52. The summed E-state index contributed by atoms with van der Waals surface area (Å²) in [5.41, 5.74) is 1.44. The molecule has 28 heavy (non-hydrogen) atoms. The van der Waals surface area contributed by atoms with E-state index in [4.69, 9.17) is 13.9 Å². The molecular formula is C20H17N3O5. The number of amides is 2. The molecule has 0 bridgehead atoms. The average Bonchev–Trinajstić information content (AvgIpc) is 3.33. The number of carbonyl (C=O) groups is 2. The molecule has 3 aromatic rings. The van der Waals surface area contributed by atoms with Gasteiger partial charge in [-0.25, -0.2) is 0 Å². The van der Waals surface area contributed by atoms with Crippen LogP contribution in [0.5, 0.6) is 11.5 Å². The highest BCUT2D eigenvalue weighted by molar-refractivity contribution is 6.21. The number of ether oxygens (including phenoxy) is 2. The predicted molar refractivity (Wildman–Crippen MR) is 97.2 cm³/mol. The highest BCUT2D eigenvalue weighted by Crippen LogP contribution is 2.37. The summed E-state index contributed by atoms with van der Waals surface area (Å²) in [6, 6.07) is 11.4. The summed E-state index contributed by atoms with van der Waals surface area (Å²) in [6.07, 6.45) is 1.39. The molecule has 0 saturated carbocycles. The van der Waals surface area contributed by atoms with Crippen molar-refractivity contribution in [1.29, 1.82) is 0 Å². The molecule has 0 saturated heterocycles. The highest BCUT2D eigenvalue weighted by Gasteiger charge is 2.41. The number of benzene rings is 2. The van der Waals surface area contributed by atoms with Gasteiger partial charge in [-0.1, -0.05) is 18.2 Å². The summed E-state index contributed by atoms with van der Waals surface area (Å²) in [4.78, 5) is 27.3. The Bertz CT molecular complexity index is 997. The lowest BCUT2D eigenvalue weighted by molar-refractivity contribution is 0.0576. The van der Waals surface area contributed by atoms with Gasteiger partial charge in [0.2, 0.25) is 12.3 Å². The van der Waals surface area contributed by atoms with E-state index in [1.807, 2.05) is 0 Å². The van der Waals surface area contributed by atoms with Crippen LogP contribution in [0.25, 0.3) is 0 Å². The third-order valence-corrected chi connectivity index (χ3v) is 4.70. The molecule has 142 valence electrons. The van der Waals surface area contributed by atoms with Crippen LogP contribution in [0.3, 0.4) is 0 Å². The van der Waals surface area contributed by atoms with Crippen LogP contribution in [-0.2, 0) is 6.42 Å². The van der Waals surface area contributed by atoms with E-state index in [9.17, 15) is 9.59 Å². The molecule has 0 radical (unpaired) electrons. The van der Waals surface area contributed by atoms with Crippen LogP contribution in [0.1, 0.15) is 38.2 Å². The van der Waals surface area contributed by atoms with Crippen LogP contribution in [0.2, 0.25) is 0 Å². The fourth-order valence-corrected chi connectivity index (χ4v) is 3.36. The van der Waals surface area contributed by atoms with Crippen LogP contribution in [0.4, 0.5) is 0 Å². The van der Waals surface area contributed by atoms with Gasteiger partial charge in [-0.15, -0.1) is 10.2 Å².